The van der Waals surface area contributed by atoms with Crippen LogP contribution in [0.15, 0.2) is 30.5 Å². The Morgan fingerprint density at radius 2 is 1.68 bits per heavy atom. The third-order valence-electron chi connectivity index (χ3n) is 3.12. The number of rotatable bonds is 6. The van der Waals surface area contributed by atoms with Crippen molar-refractivity contribution in [1.82, 2.24) is 4.98 Å². The minimum absolute atomic E-state index is 0.291. The third kappa shape index (κ3) is 3.23. The average molecular weight is 305 g/mol. The summed E-state index contributed by atoms with van der Waals surface area (Å²) in [6.07, 6.45) is 0.878. The second-order valence-electron chi connectivity index (χ2n) is 4.54. The Hall–Kier alpha value is -2.47. The highest BCUT2D eigenvalue weighted by molar-refractivity contribution is 5.57. The smallest absolute Gasteiger partial charge is 0.225 e. The molecule has 0 saturated heterocycles. The summed E-state index contributed by atoms with van der Waals surface area (Å²) in [5.74, 6) is 2.13. The Kier molecular flexibility index (Phi) is 5.06. The molecule has 1 aromatic carbocycles. The van der Waals surface area contributed by atoms with Gasteiger partial charge in [0.1, 0.15) is 5.75 Å². The summed E-state index contributed by atoms with van der Waals surface area (Å²) in [6.45, 7) is 1.65. The van der Waals surface area contributed by atoms with Crippen LogP contribution in [0.1, 0.15) is 18.6 Å². The van der Waals surface area contributed by atoms with E-state index >= 15 is 0 Å². The van der Waals surface area contributed by atoms with Crippen LogP contribution >= 0.6 is 0 Å². The Morgan fingerprint density at radius 3 is 2.18 bits per heavy atom. The molecule has 6 heteroatoms. The van der Waals surface area contributed by atoms with Crippen molar-refractivity contribution >= 4 is 0 Å². The molecule has 0 aliphatic carbocycles. The normalized spacial score (nSPS) is 11.7. The Labute approximate surface area is 129 Å². The van der Waals surface area contributed by atoms with Crippen molar-refractivity contribution in [2.45, 2.75) is 13.0 Å². The maximum Gasteiger partial charge on any atom is 0.225 e. The lowest BCUT2D eigenvalue weighted by molar-refractivity contribution is 0.194. The van der Waals surface area contributed by atoms with Gasteiger partial charge in [0.25, 0.3) is 0 Å². The van der Waals surface area contributed by atoms with E-state index in [9.17, 15) is 5.11 Å². The van der Waals surface area contributed by atoms with Gasteiger partial charge in [0.2, 0.25) is 11.6 Å². The van der Waals surface area contributed by atoms with Gasteiger partial charge in [-0.1, -0.05) is 0 Å². The van der Waals surface area contributed by atoms with E-state index < -0.39 is 6.10 Å². The molecule has 1 atom stereocenters. The van der Waals surface area contributed by atoms with Gasteiger partial charge in [0, 0.05) is 23.9 Å². The summed E-state index contributed by atoms with van der Waals surface area (Å²) in [4.78, 5) is 4.16. The number of aromatic nitrogens is 1. The number of methoxy groups -OCH3 is 3. The van der Waals surface area contributed by atoms with E-state index in [4.69, 9.17) is 18.9 Å². The van der Waals surface area contributed by atoms with E-state index in [0.29, 0.717) is 34.4 Å². The average Bonchev–Trinajstić information content (AvgIpc) is 2.55. The molecule has 1 unspecified atom stereocenters. The van der Waals surface area contributed by atoms with E-state index in [0.717, 1.165) is 0 Å². The molecule has 0 bridgehead atoms. The summed E-state index contributed by atoms with van der Waals surface area (Å²) in [6, 6.07) is 6.85. The molecule has 0 saturated carbocycles. The summed E-state index contributed by atoms with van der Waals surface area (Å²) in [5.41, 5.74) is 0.572. The van der Waals surface area contributed by atoms with Gasteiger partial charge < -0.3 is 24.1 Å². The molecule has 0 aliphatic heterocycles. The fourth-order valence-corrected chi connectivity index (χ4v) is 1.98. The zero-order chi connectivity index (χ0) is 16.1. The molecule has 1 N–H and O–H groups in total. The number of benzene rings is 1. The number of pyridine rings is 1. The van der Waals surface area contributed by atoms with Crippen LogP contribution in [0.5, 0.6) is 28.9 Å². The van der Waals surface area contributed by atoms with Gasteiger partial charge in [-0.15, -0.1) is 0 Å². The number of hydrogen-bond donors (Lipinski definition) is 1. The molecule has 118 valence electrons. The van der Waals surface area contributed by atoms with Crippen molar-refractivity contribution in [1.29, 1.82) is 0 Å². The lowest BCUT2D eigenvalue weighted by Crippen LogP contribution is -2.01. The molecule has 0 fully saturated rings. The highest BCUT2D eigenvalue weighted by Crippen LogP contribution is 2.43. The van der Waals surface area contributed by atoms with Gasteiger partial charge in [-0.05, 0) is 19.1 Å². The standard InChI is InChI=1S/C16H19NO5/c1-10(18)12-6-5-7-17-16(12)22-15-13(20-3)8-11(19-2)9-14(15)21-4/h5-10,18H,1-4H3. The van der Waals surface area contributed by atoms with Gasteiger partial charge in [0.15, 0.2) is 11.5 Å². The number of aliphatic hydroxyl groups is 1. The van der Waals surface area contributed by atoms with E-state index in [1.807, 2.05) is 0 Å². The van der Waals surface area contributed by atoms with Crippen LogP contribution in [-0.4, -0.2) is 31.4 Å². The van der Waals surface area contributed by atoms with Crippen LogP contribution in [0.2, 0.25) is 0 Å². The molecular formula is C16H19NO5. The summed E-state index contributed by atoms with van der Waals surface area (Å²) < 4.78 is 21.7. The van der Waals surface area contributed by atoms with Crippen LogP contribution in [-0.2, 0) is 0 Å². The maximum absolute atomic E-state index is 9.82. The van der Waals surface area contributed by atoms with E-state index in [-0.39, 0.29) is 0 Å². The quantitative estimate of drug-likeness (QED) is 0.885. The molecule has 1 aromatic heterocycles. The largest absolute Gasteiger partial charge is 0.496 e. The zero-order valence-corrected chi connectivity index (χ0v) is 13.0. The van der Waals surface area contributed by atoms with E-state index in [1.165, 1.54) is 14.2 Å². The highest BCUT2D eigenvalue weighted by atomic mass is 16.5. The van der Waals surface area contributed by atoms with Crippen molar-refractivity contribution in [3.8, 4) is 28.9 Å². The number of aliphatic hydroxyl groups excluding tert-OH is 1. The Balaban J connectivity index is 2.49. The van der Waals surface area contributed by atoms with Crippen molar-refractivity contribution in [2.75, 3.05) is 21.3 Å². The first kappa shape index (κ1) is 15.9. The van der Waals surface area contributed by atoms with Gasteiger partial charge in [-0.25, -0.2) is 4.98 Å². The molecule has 1 heterocycles. The summed E-state index contributed by atoms with van der Waals surface area (Å²) in [7, 11) is 4.60. The number of ether oxygens (including phenoxy) is 4. The molecule has 22 heavy (non-hydrogen) atoms. The minimum atomic E-state index is -0.709. The molecule has 0 spiro atoms. The fraction of sp³-hybridized carbons (Fsp3) is 0.312. The molecule has 6 nitrogen and oxygen atoms in total. The van der Waals surface area contributed by atoms with Crippen molar-refractivity contribution in [3.63, 3.8) is 0 Å². The number of nitrogens with zero attached hydrogens (tertiary/aromatic N) is 1. The molecule has 0 radical (unpaired) electrons. The predicted molar refractivity (Wildman–Crippen MR) is 81.0 cm³/mol. The van der Waals surface area contributed by atoms with Crippen LogP contribution in [0.4, 0.5) is 0 Å². The maximum atomic E-state index is 9.82. The SMILES string of the molecule is COc1cc(OC)c(Oc2ncccc2C(C)O)c(OC)c1. The highest BCUT2D eigenvalue weighted by Gasteiger charge is 2.19. The van der Waals surface area contributed by atoms with Gasteiger partial charge >= 0.3 is 0 Å². The second-order valence-corrected chi connectivity index (χ2v) is 4.54. The minimum Gasteiger partial charge on any atom is -0.496 e. The molecular weight excluding hydrogens is 286 g/mol. The first-order valence-corrected chi connectivity index (χ1v) is 6.71. The second kappa shape index (κ2) is 7.00. The van der Waals surface area contributed by atoms with E-state index in [1.54, 1.807) is 44.5 Å². The van der Waals surface area contributed by atoms with Crippen LogP contribution in [0, 0.1) is 0 Å². The van der Waals surface area contributed by atoms with Gasteiger partial charge in [-0.2, -0.15) is 0 Å². The lowest BCUT2D eigenvalue weighted by Gasteiger charge is -2.17. The molecule has 2 rings (SSSR count). The monoisotopic (exact) mass is 305 g/mol. The van der Waals surface area contributed by atoms with Crippen LogP contribution < -0.4 is 18.9 Å². The van der Waals surface area contributed by atoms with Gasteiger partial charge in [-0.3, -0.25) is 0 Å². The summed E-state index contributed by atoms with van der Waals surface area (Å²) in [5, 5.41) is 9.82. The number of hydrogen-bond acceptors (Lipinski definition) is 6. The van der Waals surface area contributed by atoms with Crippen molar-refractivity contribution < 1.29 is 24.1 Å². The first-order chi connectivity index (χ1) is 10.6. The van der Waals surface area contributed by atoms with Crippen LogP contribution in [0.25, 0.3) is 0 Å². The van der Waals surface area contributed by atoms with Crippen molar-refractivity contribution in [3.05, 3.63) is 36.0 Å². The zero-order valence-electron chi connectivity index (χ0n) is 13.0. The molecule has 2 aromatic rings. The molecule has 0 amide bonds. The Bertz CT molecular complexity index is 617. The lowest BCUT2D eigenvalue weighted by atomic mass is 10.2. The fourth-order valence-electron chi connectivity index (χ4n) is 1.98. The topological polar surface area (TPSA) is 70.0 Å². The van der Waals surface area contributed by atoms with Crippen LogP contribution in [0.3, 0.4) is 0 Å². The Morgan fingerprint density at radius 1 is 1.05 bits per heavy atom. The summed E-state index contributed by atoms with van der Waals surface area (Å²) >= 11 is 0. The predicted octanol–water partition coefficient (Wildman–Crippen LogP) is 2.95. The van der Waals surface area contributed by atoms with E-state index in [2.05, 4.69) is 4.98 Å². The van der Waals surface area contributed by atoms with Gasteiger partial charge in [0.05, 0.1) is 27.4 Å². The molecule has 0 aliphatic rings. The first-order valence-electron chi connectivity index (χ1n) is 6.71. The third-order valence-corrected chi connectivity index (χ3v) is 3.12. The van der Waals surface area contributed by atoms with Crippen molar-refractivity contribution in [2.24, 2.45) is 0 Å².